The summed E-state index contributed by atoms with van der Waals surface area (Å²) in [6, 6.07) is 17.5. The Morgan fingerprint density at radius 2 is 2.00 bits per heavy atom. The maximum absolute atomic E-state index is 9.24. The predicted molar refractivity (Wildman–Crippen MR) is 97.6 cm³/mol. The third-order valence-corrected chi connectivity index (χ3v) is 4.19. The van der Waals surface area contributed by atoms with Crippen LogP contribution in [-0.4, -0.2) is 18.8 Å². The minimum atomic E-state index is -0.544. The van der Waals surface area contributed by atoms with Crippen LogP contribution >= 0.6 is 0 Å². The first-order valence-electron chi connectivity index (χ1n) is 8.51. The molecule has 1 unspecified atom stereocenters. The summed E-state index contributed by atoms with van der Waals surface area (Å²) < 4.78 is 18.1. The van der Waals surface area contributed by atoms with Crippen molar-refractivity contribution in [2.24, 2.45) is 0 Å². The van der Waals surface area contributed by atoms with Gasteiger partial charge in [0.2, 0.25) is 0 Å². The van der Waals surface area contributed by atoms with Crippen molar-refractivity contribution in [3.8, 4) is 11.8 Å². The van der Waals surface area contributed by atoms with E-state index in [2.05, 4.69) is 19.9 Å². The fourth-order valence-corrected chi connectivity index (χ4v) is 3.12. The van der Waals surface area contributed by atoms with Crippen molar-refractivity contribution in [2.45, 2.75) is 45.5 Å². The van der Waals surface area contributed by atoms with Crippen LogP contribution in [0.15, 0.2) is 48.5 Å². The van der Waals surface area contributed by atoms with E-state index in [0.717, 1.165) is 17.4 Å². The summed E-state index contributed by atoms with van der Waals surface area (Å²) in [7, 11) is -0.544. The normalized spacial score (nSPS) is 19.3. The molecule has 4 nitrogen and oxygen atoms in total. The van der Waals surface area contributed by atoms with Crippen LogP contribution in [0.1, 0.15) is 38.3 Å². The van der Waals surface area contributed by atoms with Crippen molar-refractivity contribution in [2.75, 3.05) is 0 Å². The molecule has 2 aromatic rings. The van der Waals surface area contributed by atoms with Crippen LogP contribution in [0.2, 0.25) is 0 Å². The lowest BCUT2D eigenvalue weighted by atomic mass is 9.74. The molecule has 1 fully saturated rings. The lowest BCUT2D eigenvalue weighted by Gasteiger charge is -2.38. The Kier molecular flexibility index (Phi) is 5.12. The van der Waals surface area contributed by atoms with Crippen molar-refractivity contribution < 1.29 is 14.0 Å². The zero-order valence-corrected chi connectivity index (χ0v) is 14.9. The van der Waals surface area contributed by atoms with Gasteiger partial charge in [-0.2, -0.15) is 5.26 Å². The topological polar surface area (TPSA) is 51.5 Å². The van der Waals surface area contributed by atoms with Gasteiger partial charge in [0.1, 0.15) is 12.4 Å². The van der Waals surface area contributed by atoms with E-state index in [1.165, 1.54) is 0 Å². The van der Waals surface area contributed by atoms with Crippen molar-refractivity contribution in [3.63, 3.8) is 0 Å². The van der Waals surface area contributed by atoms with Gasteiger partial charge in [-0.3, -0.25) is 0 Å². The Hall–Kier alpha value is -2.29. The summed E-state index contributed by atoms with van der Waals surface area (Å²) in [5.74, 6) is 0.678. The lowest BCUT2D eigenvalue weighted by Crippen LogP contribution is -2.52. The minimum absolute atomic E-state index is 0.0708. The van der Waals surface area contributed by atoms with Crippen molar-refractivity contribution in [1.82, 2.24) is 0 Å². The summed E-state index contributed by atoms with van der Waals surface area (Å²) in [4.78, 5) is 0. The van der Waals surface area contributed by atoms with Crippen LogP contribution in [0.3, 0.4) is 0 Å². The highest BCUT2D eigenvalue weighted by Gasteiger charge is 2.39. The molecule has 0 aliphatic carbocycles. The van der Waals surface area contributed by atoms with Gasteiger partial charge in [0, 0.05) is 11.6 Å². The average molecular weight is 335 g/mol. The summed E-state index contributed by atoms with van der Waals surface area (Å²) >= 11 is 0. The lowest BCUT2D eigenvalue weighted by molar-refractivity contribution is -0.0231. The largest absolute Gasteiger partial charge is 0.498 e. The first-order valence-corrected chi connectivity index (χ1v) is 8.51. The number of nitriles is 1. The first kappa shape index (κ1) is 17.5. The molecule has 0 N–H and O–H groups in total. The van der Waals surface area contributed by atoms with Crippen LogP contribution in [0.4, 0.5) is 0 Å². The molecule has 0 amide bonds. The zero-order chi connectivity index (χ0) is 17.9. The van der Waals surface area contributed by atoms with Gasteiger partial charge in [0.25, 0.3) is 0 Å². The minimum Gasteiger partial charge on any atom is -0.489 e. The second kappa shape index (κ2) is 7.31. The van der Waals surface area contributed by atoms with E-state index in [0.29, 0.717) is 17.9 Å². The Balaban J connectivity index is 1.87. The summed E-state index contributed by atoms with van der Waals surface area (Å²) in [5.41, 5.74) is 2.11. The molecule has 1 atom stereocenters. The molecular weight excluding hydrogens is 313 g/mol. The molecule has 0 spiro atoms. The van der Waals surface area contributed by atoms with Crippen molar-refractivity contribution in [1.29, 1.82) is 5.26 Å². The Bertz CT molecular complexity index is 770. The quantitative estimate of drug-likeness (QED) is 0.803. The van der Waals surface area contributed by atoms with E-state index in [-0.39, 0.29) is 11.7 Å². The molecule has 0 bridgehead atoms. The smallest absolute Gasteiger partial charge is 0.489 e. The number of hydrogen-bond acceptors (Lipinski definition) is 4. The highest BCUT2D eigenvalue weighted by Crippen LogP contribution is 2.27. The van der Waals surface area contributed by atoms with E-state index in [1.807, 2.05) is 43.3 Å². The molecular formula is C20H22BNO3. The van der Waals surface area contributed by atoms with Crippen LogP contribution < -0.4 is 10.2 Å². The third-order valence-electron chi connectivity index (χ3n) is 4.19. The number of nitrogens with zero attached hydrogens (tertiary/aromatic N) is 1. The second-order valence-electron chi connectivity index (χ2n) is 7.00. The number of hydrogen-bond donors (Lipinski definition) is 0. The molecule has 5 heteroatoms. The van der Waals surface area contributed by atoms with Gasteiger partial charge in [-0.1, -0.05) is 30.3 Å². The highest BCUT2D eigenvalue weighted by molar-refractivity contribution is 6.62. The molecule has 1 saturated heterocycles. The van der Waals surface area contributed by atoms with Crippen LogP contribution in [-0.2, 0) is 15.9 Å². The summed E-state index contributed by atoms with van der Waals surface area (Å²) in [6.07, 6.45) is 0.892. The predicted octanol–water partition coefficient (Wildman–Crippen LogP) is 3.44. The van der Waals surface area contributed by atoms with E-state index in [1.54, 1.807) is 12.1 Å². The van der Waals surface area contributed by atoms with E-state index in [9.17, 15) is 5.26 Å². The van der Waals surface area contributed by atoms with Crippen LogP contribution in [0.25, 0.3) is 0 Å². The van der Waals surface area contributed by atoms with Crippen LogP contribution in [0.5, 0.6) is 5.75 Å². The number of benzene rings is 2. The SMILES string of the molecule is CC1CC(C)(C)OB(c2cc(C#N)ccc2OCc2ccccc2)O1. The van der Waals surface area contributed by atoms with E-state index >= 15 is 0 Å². The van der Waals surface area contributed by atoms with Gasteiger partial charge < -0.3 is 14.0 Å². The first-order chi connectivity index (χ1) is 12.0. The molecule has 128 valence electrons. The average Bonchev–Trinajstić information content (AvgIpc) is 2.59. The van der Waals surface area contributed by atoms with Gasteiger partial charge in [-0.25, -0.2) is 0 Å². The van der Waals surface area contributed by atoms with Gasteiger partial charge in [-0.05, 0) is 51.0 Å². The number of ether oxygens (including phenoxy) is 1. The second-order valence-corrected chi connectivity index (χ2v) is 7.00. The molecule has 1 aliphatic heterocycles. The molecule has 3 rings (SSSR count). The Morgan fingerprint density at radius 3 is 2.68 bits per heavy atom. The summed E-state index contributed by atoms with van der Waals surface area (Å²) in [6.45, 7) is 6.59. The number of rotatable bonds is 4. The van der Waals surface area contributed by atoms with E-state index < -0.39 is 7.12 Å². The fraction of sp³-hybridized carbons (Fsp3) is 0.350. The van der Waals surface area contributed by atoms with Gasteiger partial charge in [-0.15, -0.1) is 0 Å². The van der Waals surface area contributed by atoms with Gasteiger partial charge in [0.15, 0.2) is 0 Å². The third kappa shape index (κ3) is 4.42. The maximum Gasteiger partial charge on any atom is 0.498 e. The monoisotopic (exact) mass is 335 g/mol. The molecule has 0 saturated carbocycles. The molecule has 1 heterocycles. The van der Waals surface area contributed by atoms with E-state index in [4.69, 9.17) is 14.0 Å². The standard InChI is InChI=1S/C20H22BNO3/c1-15-12-20(2,3)25-21(24-15)18-11-17(13-22)9-10-19(18)23-14-16-7-5-4-6-8-16/h4-11,15H,12,14H2,1-3H3. The Morgan fingerprint density at radius 1 is 1.24 bits per heavy atom. The molecule has 25 heavy (non-hydrogen) atoms. The van der Waals surface area contributed by atoms with Crippen LogP contribution in [0, 0.1) is 11.3 Å². The summed E-state index contributed by atoms with van der Waals surface area (Å²) in [5, 5.41) is 9.24. The zero-order valence-electron chi connectivity index (χ0n) is 14.9. The molecule has 0 aromatic heterocycles. The maximum atomic E-state index is 9.24. The van der Waals surface area contributed by atoms with Crippen molar-refractivity contribution in [3.05, 3.63) is 59.7 Å². The van der Waals surface area contributed by atoms with Gasteiger partial charge >= 0.3 is 7.12 Å². The Labute approximate surface area is 149 Å². The molecule has 2 aromatic carbocycles. The molecule has 1 aliphatic rings. The highest BCUT2D eigenvalue weighted by atomic mass is 16.6. The van der Waals surface area contributed by atoms with Crippen molar-refractivity contribution >= 4 is 12.6 Å². The van der Waals surface area contributed by atoms with Gasteiger partial charge in [0.05, 0.1) is 17.2 Å². The fourth-order valence-electron chi connectivity index (χ4n) is 3.12. The molecule has 0 radical (unpaired) electrons.